The molecule has 20 heavy (non-hydrogen) atoms. The molecule has 0 unspecified atom stereocenters. The van der Waals surface area contributed by atoms with Gasteiger partial charge in [0.15, 0.2) is 5.78 Å². The number of carboxylic acids is 1. The van der Waals surface area contributed by atoms with Gasteiger partial charge >= 0.3 is 5.97 Å². The van der Waals surface area contributed by atoms with Gasteiger partial charge in [-0.1, -0.05) is 36.4 Å². The van der Waals surface area contributed by atoms with Crippen LogP contribution in [0.1, 0.15) is 27.9 Å². The van der Waals surface area contributed by atoms with E-state index in [-0.39, 0.29) is 18.4 Å². The van der Waals surface area contributed by atoms with E-state index >= 15 is 0 Å². The molecule has 0 bridgehead atoms. The van der Waals surface area contributed by atoms with E-state index in [4.69, 9.17) is 5.11 Å². The lowest BCUT2D eigenvalue weighted by Crippen LogP contribution is -2.06. The highest BCUT2D eigenvalue weighted by Crippen LogP contribution is 2.16. The van der Waals surface area contributed by atoms with Crippen LogP contribution in [0.2, 0.25) is 0 Å². The molecule has 102 valence electrons. The Labute approximate surface area is 115 Å². The van der Waals surface area contributed by atoms with Crippen molar-refractivity contribution in [1.82, 2.24) is 0 Å². The van der Waals surface area contributed by atoms with Crippen LogP contribution >= 0.6 is 0 Å². The number of carboxylic acid groups (broad SMARTS) is 1. The molecule has 0 amide bonds. The van der Waals surface area contributed by atoms with Crippen LogP contribution in [0, 0.1) is 5.82 Å². The Kier molecular flexibility index (Phi) is 4.25. The van der Waals surface area contributed by atoms with Crippen molar-refractivity contribution >= 4 is 11.8 Å². The highest BCUT2D eigenvalue weighted by atomic mass is 19.1. The fourth-order valence-corrected chi connectivity index (χ4v) is 1.90. The highest BCUT2D eigenvalue weighted by Gasteiger charge is 2.14. The van der Waals surface area contributed by atoms with E-state index in [2.05, 4.69) is 0 Å². The Bertz CT molecular complexity index is 635. The number of aryl methyl sites for hydroxylation is 1. The standard InChI is InChI=1S/C16H13FO3/c17-14-8-6-11(7-9-15(18)19)10-13(14)16(20)12-4-2-1-3-5-12/h1-6,8,10H,7,9H2,(H,18,19). The molecule has 0 saturated heterocycles. The van der Waals surface area contributed by atoms with Crippen molar-refractivity contribution in [2.24, 2.45) is 0 Å². The first-order valence-corrected chi connectivity index (χ1v) is 6.18. The summed E-state index contributed by atoms with van der Waals surface area (Å²) in [5, 5.41) is 8.64. The van der Waals surface area contributed by atoms with Crippen molar-refractivity contribution in [2.45, 2.75) is 12.8 Å². The Balaban J connectivity index is 2.29. The lowest BCUT2D eigenvalue weighted by Gasteiger charge is -2.06. The molecular weight excluding hydrogens is 259 g/mol. The van der Waals surface area contributed by atoms with Crippen molar-refractivity contribution in [3.8, 4) is 0 Å². The molecular formula is C16H13FO3. The zero-order valence-corrected chi connectivity index (χ0v) is 10.7. The zero-order valence-electron chi connectivity index (χ0n) is 10.7. The van der Waals surface area contributed by atoms with E-state index in [9.17, 15) is 14.0 Å². The maximum atomic E-state index is 13.8. The summed E-state index contributed by atoms with van der Waals surface area (Å²) in [4.78, 5) is 22.7. The first kappa shape index (κ1) is 13.9. The van der Waals surface area contributed by atoms with Crippen molar-refractivity contribution in [3.63, 3.8) is 0 Å². The molecule has 0 fully saturated rings. The van der Waals surface area contributed by atoms with Crippen molar-refractivity contribution in [3.05, 3.63) is 71.0 Å². The third-order valence-corrected chi connectivity index (χ3v) is 2.94. The number of aliphatic carboxylic acids is 1. The molecule has 0 aromatic heterocycles. The van der Waals surface area contributed by atoms with Gasteiger partial charge in [0.05, 0.1) is 5.56 Å². The number of hydrogen-bond donors (Lipinski definition) is 1. The molecule has 2 rings (SSSR count). The molecule has 0 aliphatic carbocycles. The van der Waals surface area contributed by atoms with Crippen LogP contribution in [-0.2, 0) is 11.2 Å². The Morgan fingerprint density at radius 2 is 1.75 bits per heavy atom. The van der Waals surface area contributed by atoms with Crippen molar-refractivity contribution < 1.29 is 19.1 Å². The predicted molar refractivity (Wildman–Crippen MR) is 72.2 cm³/mol. The van der Waals surface area contributed by atoms with Crippen LogP contribution < -0.4 is 0 Å². The van der Waals surface area contributed by atoms with Crippen molar-refractivity contribution in [1.29, 1.82) is 0 Å². The quantitative estimate of drug-likeness (QED) is 0.851. The van der Waals surface area contributed by atoms with Gasteiger partial charge in [-0.3, -0.25) is 9.59 Å². The van der Waals surface area contributed by atoms with Crippen molar-refractivity contribution in [2.75, 3.05) is 0 Å². The Morgan fingerprint density at radius 1 is 1.05 bits per heavy atom. The lowest BCUT2D eigenvalue weighted by atomic mass is 9.99. The van der Waals surface area contributed by atoms with E-state index in [1.165, 1.54) is 18.2 Å². The van der Waals surface area contributed by atoms with E-state index in [0.29, 0.717) is 11.1 Å². The molecule has 0 saturated carbocycles. The molecule has 1 N–H and O–H groups in total. The van der Waals surface area contributed by atoms with Gasteiger partial charge < -0.3 is 5.11 Å². The summed E-state index contributed by atoms with van der Waals surface area (Å²) in [5.41, 5.74) is 1.01. The number of hydrogen-bond acceptors (Lipinski definition) is 2. The minimum absolute atomic E-state index is 0.0286. The zero-order chi connectivity index (χ0) is 14.5. The van der Waals surface area contributed by atoms with Crippen LogP contribution in [0.15, 0.2) is 48.5 Å². The first-order chi connectivity index (χ1) is 9.58. The maximum Gasteiger partial charge on any atom is 0.303 e. The van der Waals surface area contributed by atoms with Gasteiger partial charge in [0, 0.05) is 12.0 Å². The summed E-state index contributed by atoms with van der Waals surface area (Å²) in [6, 6.07) is 12.5. The van der Waals surface area contributed by atoms with Crippen LogP contribution in [0.5, 0.6) is 0 Å². The largest absolute Gasteiger partial charge is 0.481 e. The Hall–Kier alpha value is -2.49. The fourth-order valence-electron chi connectivity index (χ4n) is 1.90. The van der Waals surface area contributed by atoms with E-state index < -0.39 is 17.6 Å². The van der Waals surface area contributed by atoms with E-state index in [0.717, 1.165) is 0 Å². The summed E-state index contributed by atoms with van der Waals surface area (Å²) in [6.07, 6.45) is 0.218. The summed E-state index contributed by atoms with van der Waals surface area (Å²) >= 11 is 0. The number of benzene rings is 2. The molecule has 0 aliphatic rings. The van der Waals surface area contributed by atoms with E-state index in [1.807, 2.05) is 0 Å². The summed E-state index contributed by atoms with van der Waals surface area (Å²) in [5.74, 6) is -1.93. The van der Waals surface area contributed by atoms with Gasteiger partial charge in [0.1, 0.15) is 5.82 Å². The second kappa shape index (κ2) is 6.10. The summed E-state index contributed by atoms with van der Waals surface area (Å²) in [7, 11) is 0. The van der Waals surface area contributed by atoms with Crippen LogP contribution in [0.3, 0.4) is 0 Å². The second-order valence-electron chi connectivity index (χ2n) is 4.40. The number of rotatable bonds is 5. The van der Waals surface area contributed by atoms with Crippen LogP contribution in [0.25, 0.3) is 0 Å². The third kappa shape index (κ3) is 3.29. The average molecular weight is 272 g/mol. The van der Waals surface area contributed by atoms with Crippen LogP contribution in [0.4, 0.5) is 4.39 Å². The first-order valence-electron chi connectivity index (χ1n) is 6.18. The molecule has 4 heteroatoms. The number of carbonyl (C=O) groups is 2. The number of carbonyl (C=O) groups excluding carboxylic acids is 1. The van der Waals surface area contributed by atoms with Gasteiger partial charge in [-0.05, 0) is 24.1 Å². The number of ketones is 1. The molecule has 3 nitrogen and oxygen atoms in total. The van der Waals surface area contributed by atoms with E-state index in [1.54, 1.807) is 30.3 Å². The summed E-state index contributed by atoms with van der Waals surface area (Å²) in [6.45, 7) is 0. The van der Waals surface area contributed by atoms with Gasteiger partial charge in [0.2, 0.25) is 0 Å². The Morgan fingerprint density at radius 3 is 2.40 bits per heavy atom. The second-order valence-corrected chi connectivity index (χ2v) is 4.40. The minimum Gasteiger partial charge on any atom is -0.481 e. The van der Waals surface area contributed by atoms with Gasteiger partial charge in [-0.2, -0.15) is 0 Å². The molecule has 2 aromatic carbocycles. The molecule has 0 radical (unpaired) electrons. The van der Waals surface area contributed by atoms with Gasteiger partial charge in [-0.25, -0.2) is 4.39 Å². The highest BCUT2D eigenvalue weighted by molar-refractivity contribution is 6.09. The lowest BCUT2D eigenvalue weighted by molar-refractivity contribution is -0.136. The SMILES string of the molecule is O=C(O)CCc1ccc(F)c(C(=O)c2ccccc2)c1. The van der Waals surface area contributed by atoms with Crippen LogP contribution in [-0.4, -0.2) is 16.9 Å². The molecule has 2 aromatic rings. The third-order valence-electron chi connectivity index (χ3n) is 2.94. The minimum atomic E-state index is -0.926. The maximum absolute atomic E-state index is 13.8. The topological polar surface area (TPSA) is 54.4 Å². The molecule has 0 atom stereocenters. The molecule has 0 heterocycles. The normalized spacial score (nSPS) is 10.2. The smallest absolute Gasteiger partial charge is 0.303 e. The fraction of sp³-hybridized carbons (Fsp3) is 0.125. The molecule has 0 aliphatic heterocycles. The summed E-state index contributed by atoms with van der Waals surface area (Å²) < 4.78 is 13.8. The molecule has 0 spiro atoms. The van der Waals surface area contributed by atoms with Gasteiger partial charge in [-0.15, -0.1) is 0 Å². The van der Waals surface area contributed by atoms with Gasteiger partial charge in [0.25, 0.3) is 0 Å². The number of halogens is 1. The predicted octanol–water partition coefficient (Wildman–Crippen LogP) is 3.07. The average Bonchev–Trinajstić information content (AvgIpc) is 2.46. The monoisotopic (exact) mass is 272 g/mol.